The minimum absolute atomic E-state index is 0.0343. The number of amides is 2. The summed E-state index contributed by atoms with van der Waals surface area (Å²) in [5, 5.41) is 6.20. The number of rotatable bonds is 3. The summed E-state index contributed by atoms with van der Waals surface area (Å²) in [6.07, 6.45) is 1.23. The normalized spacial score (nSPS) is 16.7. The highest BCUT2D eigenvalue weighted by Gasteiger charge is 2.34. The van der Waals surface area contributed by atoms with Crippen molar-refractivity contribution in [3.05, 3.63) is 24.3 Å². The Labute approximate surface area is 130 Å². The van der Waals surface area contributed by atoms with Crippen LogP contribution in [-0.2, 0) is 4.79 Å². The minimum atomic E-state index is -0.431. The fraction of sp³-hybridized carbons (Fsp3) is 0.500. The molecule has 1 aliphatic heterocycles. The van der Waals surface area contributed by atoms with Crippen molar-refractivity contribution in [1.29, 1.82) is 0 Å². The molecule has 120 valence electrons. The summed E-state index contributed by atoms with van der Waals surface area (Å²) < 4.78 is 5.14. The van der Waals surface area contributed by atoms with E-state index in [0.717, 1.165) is 25.9 Å². The average Bonchev–Trinajstić information content (AvgIpc) is 2.49. The van der Waals surface area contributed by atoms with Crippen LogP contribution in [0.1, 0.15) is 19.8 Å². The number of benzene rings is 1. The number of hydrogen-bond donors (Lipinski definition) is 2. The van der Waals surface area contributed by atoms with Crippen LogP contribution in [0.25, 0.3) is 0 Å². The molecular formula is C16H23N3O3. The topological polar surface area (TPSA) is 70.7 Å². The van der Waals surface area contributed by atoms with Crippen molar-refractivity contribution in [3.63, 3.8) is 0 Å². The lowest BCUT2D eigenvalue weighted by atomic mass is 9.80. The summed E-state index contributed by atoms with van der Waals surface area (Å²) in [5.41, 5.74) is 0.371. The summed E-state index contributed by atoms with van der Waals surface area (Å²) in [4.78, 5) is 25.2. The van der Waals surface area contributed by atoms with E-state index in [1.165, 1.54) is 4.90 Å². The number of nitrogens with one attached hydrogen (secondary N) is 2. The van der Waals surface area contributed by atoms with Gasteiger partial charge in [0.2, 0.25) is 5.91 Å². The van der Waals surface area contributed by atoms with Gasteiger partial charge in [-0.25, -0.2) is 4.79 Å². The molecule has 2 amide bonds. The van der Waals surface area contributed by atoms with Gasteiger partial charge in [0.25, 0.3) is 0 Å². The molecule has 0 spiro atoms. The summed E-state index contributed by atoms with van der Waals surface area (Å²) in [7, 11) is 3.24. The fourth-order valence-corrected chi connectivity index (χ4v) is 2.29. The Morgan fingerprint density at radius 3 is 2.32 bits per heavy atom. The first-order valence-electron chi connectivity index (χ1n) is 7.42. The molecule has 0 bridgehead atoms. The number of anilines is 1. The number of nitrogens with zero attached hydrogens (tertiary/aromatic N) is 1. The largest absolute Gasteiger partial charge is 0.414 e. The molecule has 2 rings (SSSR count). The van der Waals surface area contributed by atoms with E-state index in [0.29, 0.717) is 11.4 Å². The predicted molar refractivity (Wildman–Crippen MR) is 85.0 cm³/mol. The highest BCUT2D eigenvalue weighted by molar-refractivity contribution is 5.95. The van der Waals surface area contributed by atoms with Crippen molar-refractivity contribution in [2.75, 3.05) is 32.5 Å². The molecule has 6 nitrogen and oxygen atoms in total. The highest BCUT2D eigenvalue weighted by Crippen LogP contribution is 2.29. The molecule has 0 atom stereocenters. The van der Waals surface area contributed by atoms with Crippen LogP contribution >= 0.6 is 0 Å². The van der Waals surface area contributed by atoms with Crippen LogP contribution in [0.2, 0.25) is 0 Å². The van der Waals surface area contributed by atoms with Gasteiger partial charge in [0.1, 0.15) is 5.75 Å². The molecule has 0 radical (unpaired) electrons. The van der Waals surface area contributed by atoms with Gasteiger partial charge in [0, 0.05) is 25.2 Å². The third-order valence-corrected chi connectivity index (χ3v) is 3.94. The van der Waals surface area contributed by atoms with Crippen molar-refractivity contribution >= 4 is 17.7 Å². The van der Waals surface area contributed by atoms with E-state index < -0.39 is 6.09 Å². The number of carbonyl (C=O) groups excluding carboxylic acids is 2. The molecule has 0 unspecified atom stereocenters. The van der Waals surface area contributed by atoms with E-state index in [-0.39, 0.29) is 11.3 Å². The number of carbonyl (C=O) groups is 2. The zero-order chi connectivity index (χ0) is 16.2. The number of piperidine rings is 1. The van der Waals surface area contributed by atoms with Gasteiger partial charge in [-0.2, -0.15) is 0 Å². The first-order chi connectivity index (χ1) is 10.4. The van der Waals surface area contributed by atoms with E-state index in [1.807, 2.05) is 6.92 Å². The molecule has 1 heterocycles. The lowest BCUT2D eigenvalue weighted by molar-refractivity contribution is -0.126. The monoisotopic (exact) mass is 305 g/mol. The van der Waals surface area contributed by atoms with Gasteiger partial charge in [0.15, 0.2) is 0 Å². The van der Waals surface area contributed by atoms with Crippen molar-refractivity contribution in [2.24, 2.45) is 5.41 Å². The highest BCUT2D eigenvalue weighted by atomic mass is 16.6. The molecule has 1 saturated heterocycles. The summed E-state index contributed by atoms with van der Waals surface area (Å²) >= 11 is 0. The molecule has 6 heteroatoms. The second kappa shape index (κ2) is 6.79. The maximum Gasteiger partial charge on any atom is 0.414 e. The van der Waals surface area contributed by atoms with Crippen LogP contribution in [0, 0.1) is 5.41 Å². The molecule has 1 aromatic rings. The van der Waals surface area contributed by atoms with Crippen molar-refractivity contribution in [3.8, 4) is 5.75 Å². The van der Waals surface area contributed by atoms with Gasteiger partial charge in [-0.15, -0.1) is 0 Å². The van der Waals surface area contributed by atoms with Crippen LogP contribution in [0.3, 0.4) is 0 Å². The molecule has 0 aromatic heterocycles. The number of hydrogen-bond acceptors (Lipinski definition) is 4. The van der Waals surface area contributed by atoms with Gasteiger partial charge >= 0.3 is 6.09 Å². The Balaban J connectivity index is 1.96. The predicted octanol–water partition coefficient (Wildman–Crippen LogP) is 2.08. The SMILES string of the molecule is CN(C)C(=O)Oc1ccc(NC(=O)C2(C)CCNCC2)cc1. The van der Waals surface area contributed by atoms with Crippen molar-refractivity contribution in [1.82, 2.24) is 10.2 Å². The maximum absolute atomic E-state index is 12.4. The maximum atomic E-state index is 12.4. The molecule has 0 aliphatic carbocycles. The van der Waals surface area contributed by atoms with E-state index in [2.05, 4.69) is 10.6 Å². The van der Waals surface area contributed by atoms with Crippen LogP contribution < -0.4 is 15.4 Å². The second-order valence-corrected chi connectivity index (χ2v) is 6.05. The van der Waals surface area contributed by atoms with E-state index in [4.69, 9.17) is 4.74 Å². The standard InChI is InChI=1S/C16H23N3O3/c1-16(8-10-17-11-9-16)14(20)18-12-4-6-13(7-5-12)22-15(21)19(2)3/h4-7,17H,8-11H2,1-3H3,(H,18,20). The van der Waals surface area contributed by atoms with Crippen LogP contribution in [0.15, 0.2) is 24.3 Å². The first kappa shape index (κ1) is 16.3. The first-order valence-corrected chi connectivity index (χ1v) is 7.42. The Hall–Kier alpha value is -2.08. The Kier molecular flexibility index (Phi) is 5.03. The summed E-state index contributed by atoms with van der Waals surface area (Å²) in [6, 6.07) is 6.81. The third-order valence-electron chi connectivity index (χ3n) is 3.94. The van der Waals surface area contributed by atoms with Gasteiger partial charge in [-0.05, 0) is 50.2 Å². The Morgan fingerprint density at radius 2 is 1.77 bits per heavy atom. The number of ether oxygens (including phenoxy) is 1. The molecule has 1 aromatic carbocycles. The Bertz CT molecular complexity index is 534. The molecular weight excluding hydrogens is 282 g/mol. The van der Waals surface area contributed by atoms with Gasteiger partial charge < -0.3 is 20.3 Å². The summed E-state index contributed by atoms with van der Waals surface area (Å²) in [5.74, 6) is 0.483. The Morgan fingerprint density at radius 1 is 1.18 bits per heavy atom. The van der Waals surface area contributed by atoms with Crippen LogP contribution in [0.4, 0.5) is 10.5 Å². The lowest BCUT2D eigenvalue weighted by Crippen LogP contribution is -2.42. The van der Waals surface area contributed by atoms with Gasteiger partial charge in [0.05, 0.1) is 0 Å². The second-order valence-electron chi connectivity index (χ2n) is 6.05. The van der Waals surface area contributed by atoms with E-state index in [9.17, 15) is 9.59 Å². The van der Waals surface area contributed by atoms with E-state index >= 15 is 0 Å². The lowest BCUT2D eigenvalue weighted by Gasteiger charge is -2.32. The zero-order valence-corrected chi connectivity index (χ0v) is 13.3. The molecule has 1 aliphatic rings. The average molecular weight is 305 g/mol. The van der Waals surface area contributed by atoms with Crippen molar-refractivity contribution < 1.29 is 14.3 Å². The zero-order valence-electron chi connectivity index (χ0n) is 13.3. The molecule has 0 saturated carbocycles. The van der Waals surface area contributed by atoms with Crippen LogP contribution in [0.5, 0.6) is 5.75 Å². The van der Waals surface area contributed by atoms with Crippen molar-refractivity contribution in [2.45, 2.75) is 19.8 Å². The molecule has 22 heavy (non-hydrogen) atoms. The quantitative estimate of drug-likeness (QED) is 0.897. The van der Waals surface area contributed by atoms with Crippen LogP contribution in [-0.4, -0.2) is 44.1 Å². The van der Waals surface area contributed by atoms with E-state index in [1.54, 1.807) is 38.4 Å². The van der Waals surface area contributed by atoms with Gasteiger partial charge in [-0.1, -0.05) is 6.92 Å². The molecule has 2 N–H and O–H groups in total. The smallest absolute Gasteiger partial charge is 0.410 e. The summed E-state index contributed by atoms with van der Waals surface area (Å²) in [6.45, 7) is 3.73. The fourth-order valence-electron chi connectivity index (χ4n) is 2.29. The molecule has 1 fully saturated rings. The third kappa shape index (κ3) is 3.98. The van der Waals surface area contributed by atoms with Gasteiger partial charge in [-0.3, -0.25) is 4.79 Å². The minimum Gasteiger partial charge on any atom is -0.410 e.